The summed E-state index contributed by atoms with van der Waals surface area (Å²) in [4.78, 5) is 26.1. The van der Waals surface area contributed by atoms with Crippen LogP contribution in [0.4, 0.5) is 0 Å². The van der Waals surface area contributed by atoms with Crippen LogP contribution in [0.3, 0.4) is 0 Å². The average molecular weight is 337 g/mol. The maximum absolute atomic E-state index is 12.6. The Morgan fingerprint density at radius 2 is 2.10 bits per heavy atom. The molecule has 5 heteroatoms. The number of nitrogens with zero attached hydrogens (tertiary/aromatic N) is 1. The smallest absolute Gasteiger partial charge is 0.245 e. The third kappa shape index (κ3) is 3.03. The minimum atomic E-state index is -0.308. The third-order valence-electron chi connectivity index (χ3n) is 3.86. The highest BCUT2D eigenvalue weighted by Gasteiger charge is 2.40. The van der Waals surface area contributed by atoms with Crippen LogP contribution in [-0.2, 0) is 16.1 Å². The van der Waals surface area contributed by atoms with Crippen molar-refractivity contribution < 1.29 is 9.59 Å². The zero-order valence-electron chi connectivity index (χ0n) is 11.1. The Labute approximate surface area is 126 Å². The maximum atomic E-state index is 12.6. The highest BCUT2D eigenvalue weighted by atomic mass is 79.9. The average Bonchev–Trinajstić information content (AvgIpc) is 3.24. The van der Waals surface area contributed by atoms with E-state index in [0.29, 0.717) is 25.4 Å². The second-order valence-corrected chi connectivity index (χ2v) is 6.44. The summed E-state index contributed by atoms with van der Waals surface area (Å²) in [7, 11) is 0. The van der Waals surface area contributed by atoms with Crippen molar-refractivity contribution in [1.82, 2.24) is 10.2 Å². The van der Waals surface area contributed by atoms with Gasteiger partial charge in [-0.25, -0.2) is 0 Å². The van der Waals surface area contributed by atoms with Gasteiger partial charge in [-0.3, -0.25) is 9.59 Å². The van der Waals surface area contributed by atoms with Gasteiger partial charge in [0.1, 0.15) is 6.04 Å². The second-order valence-electron chi connectivity index (χ2n) is 5.52. The van der Waals surface area contributed by atoms with Crippen LogP contribution in [0.1, 0.15) is 24.8 Å². The molecule has 2 fully saturated rings. The van der Waals surface area contributed by atoms with E-state index in [1.807, 2.05) is 29.2 Å². The molecule has 1 aliphatic heterocycles. The Morgan fingerprint density at radius 3 is 2.80 bits per heavy atom. The van der Waals surface area contributed by atoms with Gasteiger partial charge in [-0.05, 0) is 36.5 Å². The Kier molecular flexibility index (Phi) is 3.78. The van der Waals surface area contributed by atoms with Crippen molar-refractivity contribution in [2.45, 2.75) is 31.8 Å². The molecule has 0 spiro atoms. The van der Waals surface area contributed by atoms with Crippen molar-refractivity contribution in [3.8, 4) is 0 Å². The van der Waals surface area contributed by atoms with Crippen molar-refractivity contribution >= 4 is 27.7 Å². The number of hydrogen-bond donors (Lipinski definition) is 1. The van der Waals surface area contributed by atoms with Crippen LogP contribution < -0.4 is 5.32 Å². The van der Waals surface area contributed by atoms with Crippen LogP contribution in [0.5, 0.6) is 0 Å². The van der Waals surface area contributed by atoms with Gasteiger partial charge in [0.05, 0.1) is 0 Å². The van der Waals surface area contributed by atoms with E-state index < -0.39 is 0 Å². The summed E-state index contributed by atoms with van der Waals surface area (Å²) in [6.07, 6.45) is 2.48. The molecule has 0 radical (unpaired) electrons. The second kappa shape index (κ2) is 5.56. The van der Waals surface area contributed by atoms with Crippen molar-refractivity contribution in [2.75, 3.05) is 6.54 Å². The number of carbonyl (C=O) groups excluding carboxylic acids is 2. The van der Waals surface area contributed by atoms with E-state index in [2.05, 4.69) is 21.2 Å². The molecule has 1 aromatic rings. The lowest BCUT2D eigenvalue weighted by Crippen LogP contribution is -2.45. The van der Waals surface area contributed by atoms with Crippen molar-refractivity contribution in [2.24, 2.45) is 5.92 Å². The molecule has 1 aromatic carbocycles. The summed E-state index contributed by atoms with van der Waals surface area (Å²) in [5.41, 5.74) is 1.08. The molecule has 0 aromatic heterocycles. The van der Waals surface area contributed by atoms with Gasteiger partial charge in [0.15, 0.2) is 0 Å². The van der Waals surface area contributed by atoms with E-state index >= 15 is 0 Å². The fourth-order valence-electron chi connectivity index (χ4n) is 2.61. The summed E-state index contributed by atoms with van der Waals surface area (Å²) in [5, 5.41) is 2.88. The summed E-state index contributed by atoms with van der Waals surface area (Å²) in [6, 6.07) is 7.64. The van der Waals surface area contributed by atoms with Crippen molar-refractivity contribution in [3.05, 3.63) is 34.3 Å². The lowest BCUT2D eigenvalue weighted by Gasteiger charge is -2.24. The van der Waals surface area contributed by atoms with Gasteiger partial charge in [-0.15, -0.1) is 0 Å². The van der Waals surface area contributed by atoms with Gasteiger partial charge in [0.2, 0.25) is 11.8 Å². The van der Waals surface area contributed by atoms with Crippen molar-refractivity contribution in [1.29, 1.82) is 0 Å². The Hall–Kier alpha value is -1.36. The zero-order valence-corrected chi connectivity index (χ0v) is 12.7. The molecule has 1 saturated carbocycles. The molecule has 1 atom stereocenters. The minimum Gasteiger partial charge on any atom is -0.344 e. The maximum Gasteiger partial charge on any atom is 0.245 e. The van der Waals surface area contributed by atoms with Gasteiger partial charge in [-0.1, -0.05) is 28.1 Å². The fourth-order valence-corrected chi connectivity index (χ4v) is 3.06. The normalized spacial score (nSPS) is 23.4. The zero-order chi connectivity index (χ0) is 14.1. The minimum absolute atomic E-state index is 0.00741. The first kappa shape index (κ1) is 13.6. The van der Waals surface area contributed by atoms with E-state index in [9.17, 15) is 9.59 Å². The summed E-state index contributed by atoms with van der Waals surface area (Å²) in [5.74, 6) is 0.403. The molecule has 106 valence electrons. The topological polar surface area (TPSA) is 49.4 Å². The number of amides is 2. The van der Waals surface area contributed by atoms with Crippen LogP contribution in [0.25, 0.3) is 0 Å². The van der Waals surface area contributed by atoms with Gasteiger partial charge in [0, 0.05) is 24.0 Å². The molecule has 2 aliphatic rings. The van der Waals surface area contributed by atoms with Crippen LogP contribution in [0, 0.1) is 5.92 Å². The predicted molar refractivity (Wildman–Crippen MR) is 78.8 cm³/mol. The number of hydrogen-bond acceptors (Lipinski definition) is 2. The van der Waals surface area contributed by atoms with E-state index in [0.717, 1.165) is 22.9 Å². The molecule has 1 aliphatic carbocycles. The largest absolute Gasteiger partial charge is 0.344 e. The summed E-state index contributed by atoms with van der Waals surface area (Å²) < 4.78 is 1.00. The molecule has 20 heavy (non-hydrogen) atoms. The number of halogens is 1. The van der Waals surface area contributed by atoms with Crippen LogP contribution in [-0.4, -0.2) is 29.3 Å². The Morgan fingerprint density at radius 1 is 1.30 bits per heavy atom. The molecular weight excluding hydrogens is 320 g/mol. The first-order valence-corrected chi connectivity index (χ1v) is 7.75. The van der Waals surface area contributed by atoms with Crippen LogP contribution >= 0.6 is 15.9 Å². The van der Waals surface area contributed by atoms with Crippen molar-refractivity contribution in [3.63, 3.8) is 0 Å². The number of rotatable bonds is 3. The van der Waals surface area contributed by atoms with E-state index in [-0.39, 0.29) is 17.9 Å². The molecule has 4 nitrogen and oxygen atoms in total. The molecule has 0 bridgehead atoms. The first-order valence-electron chi connectivity index (χ1n) is 6.96. The highest BCUT2D eigenvalue weighted by molar-refractivity contribution is 9.10. The van der Waals surface area contributed by atoms with Gasteiger partial charge in [-0.2, -0.15) is 0 Å². The van der Waals surface area contributed by atoms with E-state index in [1.165, 1.54) is 0 Å². The molecule has 1 heterocycles. The van der Waals surface area contributed by atoms with Crippen LogP contribution in [0.2, 0.25) is 0 Å². The number of benzene rings is 1. The molecular formula is C15H17BrN2O2. The highest BCUT2D eigenvalue weighted by Crippen LogP contribution is 2.34. The molecule has 2 amide bonds. The predicted octanol–water partition coefficient (Wildman–Crippen LogP) is 2.08. The standard InChI is InChI=1S/C15H17BrN2O2/c16-12-3-1-2-10(8-12)9-18-7-6-13(19)17-14(15(18)20)11-4-5-11/h1-3,8,11,14H,4-7,9H2,(H,17,19). The number of carbonyl (C=O) groups is 2. The summed E-state index contributed by atoms with van der Waals surface area (Å²) in [6.45, 7) is 1.07. The van der Waals surface area contributed by atoms with Gasteiger partial charge in [0.25, 0.3) is 0 Å². The molecule has 1 saturated heterocycles. The molecule has 1 unspecified atom stereocenters. The third-order valence-corrected chi connectivity index (χ3v) is 4.35. The van der Waals surface area contributed by atoms with E-state index in [4.69, 9.17) is 0 Å². The SMILES string of the molecule is O=C1CCN(Cc2cccc(Br)c2)C(=O)C(C2CC2)N1. The molecule has 1 N–H and O–H groups in total. The monoisotopic (exact) mass is 336 g/mol. The summed E-state index contributed by atoms with van der Waals surface area (Å²) >= 11 is 3.44. The quantitative estimate of drug-likeness (QED) is 0.918. The van der Waals surface area contributed by atoms with Crippen LogP contribution in [0.15, 0.2) is 28.7 Å². The molecule has 3 rings (SSSR count). The number of nitrogens with one attached hydrogen (secondary N) is 1. The lowest BCUT2D eigenvalue weighted by atomic mass is 10.1. The van der Waals surface area contributed by atoms with E-state index in [1.54, 1.807) is 0 Å². The Bertz CT molecular complexity index is 542. The lowest BCUT2D eigenvalue weighted by molar-refractivity contribution is -0.134. The Balaban J connectivity index is 1.76. The van der Waals surface area contributed by atoms with Gasteiger partial charge >= 0.3 is 0 Å². The van der Waals surface area contributed by atoms with Gasteiger partial charge < -0.3 is 10.2 Å². The fraction of sp³-hybridized carbons (Fsp3) is 0.467. The first-order chi connectivity index (χ1) is 9.63.